The van der Waals surface area contributed by atoms with Crippen LogP contribution >= 0.6 is 11.3 Å². The lowest BCUT2D eigenvalue weighted by Gasteiger charge is -1.96. The third-order valence-electron chi connectivity index (χ3n) is 1.40. The standard InChI is InChI=1S/C7H6N2OS.C2H6/c1-10-7-6-5(2-3-11-6)8-4-9-7;1-2/h2-4H,1H3;1-2H3. The van der Waals surface area contributed by atoms with Gasteiger partial charge < -0.3 is 4.74 Å². The molecule has 0 saturated heterocycles. The van der Waals surface area contributed by atoms with E-state index in [1.165, 1.54) is 6.33 Å². The third kappa shape index (κ3) is 1.95. The van der Waals surface area contributed by atoms with Crippen LogP contribution in [0.1, 0.15) is 13.8 Å². The van der Waals surface area contributed by atoms with E-state index in [1.54, 1.807) is 18.4 Å². The molecule has 0 bridgehead atoms. The fraction of sp³-hybridized carbons (Fsp3) is 0.333. The Bertz CT molecular complexity index is 372. The van der Waals surface area contributed by atoms with Crippen molar-refractivity contribution in [2.45, 2.75) is 13.8 Å². The van der Waals surface area contributed by atoms with Gasteiger partial charge in [0, 0.05) is 0 Å². The van der Waals surface area contributed by atoms with Crippen molar-refractivity contribution in [2.75, 3.05) is 7.11 Å². The van der Waals surface area contributed by atoms with Gasteiger partial charge in [0.2, 0.25) is 5.88 Å². The van der Waals surface area contributed by atoms with E-state index in [0.29, 0.717) is 5.88 Å². The highest BCUT2D eigenvalue weighted by Gasteiger charge is 2.02. The lowest BCUT2D eigenvalue weighted by atomic mass is 10.5. The van der Waals surface area contributed by atoms with Crippen LogP contribution in [0, 0.1) is 0 Å². The number of aromatic nitrogens is 2. The second-order valence-electron chi connectivity index (χ2n) is 2.02. The first kappa shape index (κ1) is 9.92. The maximum absolute atomic E-state index is 5.05. The van der Waals surface area contributed by atoms with E-state index in [2.05, 4.69) is 9.97 Å². The second-order valence-corrected chi connectivity index (χ2v) is 2.93. The molecular weight excluding hydrogens is 184 g/mol. The van der Waals surface area contributed by atoms with Gasteiger partial charge in [0.05, 0.1) is 12.6 Å². The zero-order chi connectivity index (χ0) is 9.68. The second kappa shape index (κ2) is 4.77. The molecule has 2 aromatic heterocycles. The molecule has 0 radical (unpaired) electrons. The maximum Gasteiger partial charge on any atom is 0.234 e. The van der Waals surface area contributed by atoms with Crippen LogP contribution in [0.5, 0.6) is 5.88 Å². The average Bonchev–Trinajstić information content (AvgIpc) is 2.68. The van der Waals surface area contributed by atoms with Gasteiger partial charge >= 0.3 is 0 Å². The summed E-state index contributed by atoms with van der Waals surface area (Å²) in [5, 5.41) is 1.97. The SMILES string of the molecule is CC.COc1ncnc2ccsc12. The Hall–Kier alpha value is -1.16. The van der Waals surface area contributed by atoms with Crippen molar-refractivity contribution < 1.29 is 4.74 Å². The van der Waals surface area contributed by atoms with Crippen LogP contribution < -0.4 is 4.74 Å². The first-order chi connectivity index (χ1) is 6.42. The predicted octanol–water partition coefficient (Wildman–Crippen LogP) is 2.73. The number of thiophene rings is 1. The first-order valence-electron chi connectivity index (χ1n) is 4.14. The Morgan fingerprint density at radius 2 is 2.08 bits per heavy atom. The molecule has 0 N–H and O–H groups in total. The molecule has 0 aliphatic rings. The van der Waals surface area contributed by atoms with Crippen LogP contribution in [-0.2, 0) is 0 Å². The molecule has 0 aliphatic heterocycles. The summed E-state index contributed by atoms with van der Waals surface area (Å²) < 4.78 is 6.05. The van der Waals surface area contributed by atoms with Crippen molar-refractivity contribution in [1.82, 2.24) is 9.97 Å². The van der Waals surface area contributed by atoms with Crippen LogP contribution in [0.3, 0.4) is 0 Å². The molecule has 13 heavy (non-hydrogen) atoms. The highest BCUT2D eigenvalue weighted by molar-refractivity contribution is 7.17. The van der Waals surface area contributed by atoms with Crippen molar-refractivity contribution in [3.8, 4) is 5.88 Å². The third-order valence-corrected chi connectivity index (χ3v) is 2.30. The normalized spacial score (nSPS) is 9.15. The minimum atomic E-state index is 0.657. The summed E-state index contributed by atoms with van der Waals surface area (Å²) in [4.78, 5) is 8.04. The number of hydrogen-bond acceptors (Lipinski definition) is 4. The Kier molecular flexibility index (Phi) is 3.64. The lowest BCUT2D eigenvalue weighted by Crippen LogP contribution is -1.87. The molecule has 3 nitrogen and oxygen atoms in total. The summed E-state index contributed by atoms with van der Waals surface area (Å²) in [6, 6.07) is 1.95. The predicted molar refractivity (Wildman–Crippen MR) is 55.3 cm³/mol. The number of methoxy groups -OCH3 is 1. The molecular formula is C9H12N2OS. The molecule has 0 unspecified atom stereocenters. The Morgan fingerprint density at radius 3 is 2.77 bits per heavy atom. The van der Waals surface area contributed by atoms with Gasteiger partial charge in [0.15, 0.2) is 0 Å². The molecule has 4 heteroatoms. The molecule has 2 heterocycles. The van der Waals surface area contributed by atoms with Crippen LogP contribution in [-0.4, -0.2) is 17.1 Å². The van der Waals surface area contributed by atoms with Crippen LogP contribution in [0.2, 0.25) is 0 Å². The van der Waals surface area contributed by atoms with Crippen molar-refractivity contribution in [1.29, 1.82) is 0 Å². The molecule has 0 spiro atoms. The smallest absolute Gasteiger partial charge is 0.234 e. The Labute approximate surface area is 81.4 Å². The van der Waals surface area contributed by atoms with E-state index in [-0.39, 0.29) is 0 Å². The molecule has 70 valence electrons. The quantitative estimate of drug-likeness (QED) is 0.703. The number of hydrogen-bond donors (Lipinski definition) is 0. The highest BCUT2D eigenvalue weighted by atomic mass is 32.1. The monoisotopic (exact) mass is 196 g/mol. The maximum atomic E-state index is 5.05. The highest BCUT2D eigenvalue weighted by Crippen LogP contribution is 2.25. The summed E-state index contributed by atoms with van der Waals surface area (Å²) in [5.74, 6) is 0.657. The van der Waals surface area contributed by atoms with Gasteiger partial charge in [-0.05, 0) is 11.4 Å². The summed E-state index contributed by atoms with van der Waals surface area (Å²) in [6.07, 6.45) is 1.51. The van der Waals surface area contributed by atoms with Crippen LogP contribution in [0.4, 0.5) is 0 Å². The largest absolute Gasteiger partial charge is 0.480 e. The fourth-order valence-electron chi connectivity index (χ4n) is 0.912. The van der Waals surface area contributed by atoms with Gasteiger partial charge in [-0.25, -0.2) is 9.97 Å². The minimum absolute atomic E-state index is 0.657. The van der Waals surface area contributed by atoms with Crippen molar-refractivity contribution in [2.24, 2.45) is 0 Å². The molecule has 0 fully saturated rings. The Balaban J connectivity index is 0.000000396. The van der Waals surface area contributed by atoms with E-state index < -0.39 is 0 Å². The minimum Gasteiger partial charge on any atom is -0.480 e. The van der Waals surface area contributed by atoms with E-state index in [4.69, 9.17) is 4.74 Å². The van der Waals surface area contributed by atoms with Crippen molar-refractivity contribution >= 4 is 21.6 Å². The molecule has 0 atom stereocenters. The molecule has 0 amide bonds. The molecule has 2 rings (SSSR count). The molecule has 0 saturated carbocycles. The van der Waals surface area contributed by atoms with Crippen LogP contribution in [0.25, 0.3) is 10.2 Å². The van der Waals surface area contributed by atoms with E-state index in [9.17, 15) is 0 Å². The zero-order valence-corrected chi connectivity index (χ0v) is 8.76. The van der Waals surface area contributed by atoms with Gasteiger partial charge in [0.25, 0.3) is 0 Å². The summed E-state index contributed by atoms with van der Waals surface area (Å²) in [6.45, 7) is 4.00. The van der Waals surface area contributed by atoms with Crippen LogP contribution in [0.15, 0.2) is 17.8 Å². The first-order valence-corrected chi connectivity index (χ1v) is 5.02. The van der Waals surface area contributed by atoms with Crippen molar-refractivity contribution in [3.63, 3.8) is 0 Å². The van der Waals surface area contributed by atoms with Crippen molar-refractivity contribution in [3.05, 3.63) is 17.8 Å². The van der Waals surface area contributed by atoms with E-state index in [1.807, 2.05) is 25.3 Å². The average molecular weight is 196 g/mol. The molecule has 2 aromatic rings. The van der Waals surface area contributed by atoms with Gasteiger partial charge in [-0.15, -0.1) is 11.3 Å². The number of nitrogens with zero attached hydrogens (tertiary/aromatic N) is 2. The number of rotatable bonds is 1. The summed E-state index contributed by atoms with van der Waals surface area (Å²) in [5.41, 5.74) is 0.946. The van der Waals surface area contributed by atoms with Gasteiger partial charge in [-0.2, -0.15) is 0 Å². The van der Waals surface area contributed by atoms with Gasteiger partial charge in [0.1, 0.15) is 11.0 Å². The lowest BCUT2D eigenvalue weighted by molar-refractivity contribution is 0.403. The summed E-state index contributed by atoms with van der Waals surface area (Å²) in [7, 11) is 1.61. The topological polar surface area (TPSA) is 35.0 Å². The fourth-order valence-corrected chi connectivity index (χ4v) is 1.72. The van der Waals surface area contributed by atoms with E-state index >= 15 is 0 Å². The number of ether oxygens (including phenoxy) is 1. The van der Waals surface area contributed by atoms with Gasteiger partial charge in [-0.3, -0.25) is 0 Å². The van der Waals surface area contributed by atoms with Gasteiger partial charge in [-0.1, -0.05) is 13.8 Å². The van der Waals surface area contributed by atoms with E-state index in [0.717, 1.165) is 10.2 Å². The number of fused-ring (bicyclic) bond motifs is 1. The molecule has 0 aromatic carbocycles. The zero-order valence-electron chi connectivity index (χ0n) is 7.94. The molecule has 0 aliphatic carbocycles. The summed E-state index contributed by atoms with van der Waals surface area (Å²) >= 11 is 1.59. The Morgan fingerprint density at radius 1 is 1.31 bits per heavy atom.